The van der Waals surface area contributed by atoms with Crippen molar-refractivity contribution in [2.45, 2.75) is 102 Å². The molecule has 3 saturated carbocycles. The third-order valence-corrected chi connectivity index (χ3v) is 9.54. The summed E-state index contributed by atoms with van der Waals surface area (Å²) >= 11 is 0. The van der Waals surface area contributed by atoms with Crippen LogP contribution in [0.2, 0.25) is 0 Å². The zero-order valence-corrected chi connectivity index (χ0v) is 19.1. The van der Waals surface area contributed by atoms with Crippen molar-refractivity contribution in [2.75, 3.05) is 13.1 Å². The fourth-order valence-corrected chi connectivity index (χ4v) is 7.57. The van der Waals surface area contributed by atoms with Gasteiger partial charge in [-0.1, -0.05) is 31.7 Å². The predicted octanol–water partition coefficient (Wildman–Crippen LogP) is 5.55. The number of phenols is 1. The van der Waals surface area contributed by atoms with Crippen molar-refractivity contribution >= 4 is 0 Å². The van der Waals surface area contributed by atoms with Crippen molar-refractivity contribution in [3.05, 3.63) is 29.3 Å². The second-order valence-electron chi connectivity index (χ2n) is 11.4. The van der Waals surface area contributed by atoms with Gasteiger partial charge in [-0.2, -0.15) is 0 Å². The van der Waals surface area contributed by atoms with E-state index in [4.69, 9.17) is 0 Å². The van der Waals surface area contributed by atoms with Crippen molar-refractivity contribution in [1.29, 1.82) is 0 Å². The highest BCUT2D eigenvalue weighted by atomic mass is 16.3. The molecule has 3 heteroatoms. The molecule has 1 aliphatic heterocycles. The summed E-state index contributed by atoms with van der Waals surface area (Å²) in [5.41, 5.74) is 1.51. The lowest BCUT2D eigenvalue weighted by atomic mass is 9.51. The van der Waals surface area contributed by atoms with Gasteiger partial charge in [-0.25, -0.2) is 0 Å². The highest BCUT2D eigenvalue weighted by Crippen LogP contribution is 2.57. The fraction of sp³-hybridized carbons (Fsp3) is 0.778. The Hall–Kier alpha value is -1.06. The Kier molecular flexibility index (Phi) is 5.42. The van der Waals surface area contributed by atoms with Crippen molar-refractivity contribution in [3.63, 3.8) is 0 Å². The van der Waals surface area contributed by atoms with E-state index in [2.05, 4.69) is 18.7 Å². The van der Waals surface area contributed by atoms with Crippen LogP contribution in [-0.4, -0.2) is 39.8 Å². The van der Waals surface area contributed by atoms with Crippen LogP contribution in [0.1, 0.15) is 88.7 Å². The van der Waals surface area contributed by atoms with Gasteiger partial charge in [-0.05, 0) is 106 Å². The van der Waals surface area contributed by atoms with Gasteiger partial charge in [-0.15, -0.1) is 0 Å². The summed E-state index contributed by atoms with van der Waals surface area (Å²) in [6.07, 6.45) is 13.9. The van der Waals surface area contributed by atoms with E-state index in [0.717, 1.165) is 44.2 Å². The number of piperidine rings is 1. The van der Waals surface area contributed by atoms with Crippen molar-refractivity contribution in [3.8, 4) is 5.75 Å². The van der Waals surface area contributed by atoms with Crippen LogP contribution in [0.4, 0.5) is 0 Å². The van der Waals surface area contributed by atoms with E-state index in [0.29, 0.717) is 11.7 Å². The zero-order valence-electron chi connectivity index (χ0n) is 19.1. The minimum absolute atomic E-state index is 0.181. The van der Waals surface area contributed by atoms with Gasteiger partial charge in [0, 0.05) is 18.0 Å². The van der Waals surface area contributed by atoms with E-state index in [1.54, 1.807) is 6.07 Å². The topological polar surface area (TPSA) is 43.7 Å². The molecule has 4 atom stereocenters. The summed E-state index contributed by atoms with van der Waals surface area (Å²) < 4.78 is 0. The van der Waals surface area contributed by atoms with E-state index in [9.17, 15) is 10.2 Å². The monoisotopic (exact) mass is 411 g/mol. The van der Waals surface area contributed by atoms with Gasteiger partial charge in [-0.3, -0.25) is 4.90 Å². The number of fused-ring (bicyclic) bond motifs is 1. The van der Waals surface area contributed by atoms with Crippen LogP contribution in [0.25, 0.3) is 0 Å². The number of rotatable bonds is 5. The van der Waals surface area contributed by atoms with Crippen LogP contribution in [-0.2, 0) is 5.41 Å². The molecule has 1 aromatic carbocycles. The maximum Gasteiger partial charge on any atom is 0.115 e. The van der Waals surface area contributed by atoms with Gasteiger partial charge in [0.25, 0.3) is 0 Å². The predicted molar refractivity (Wildman–Crippen MR) is 122 cm³/mol. The third kappa shape index (κ3) is 3.50. The number of phenolic OH excluding ortho intramolecular Hbond substituents is 1. The maximum atomic E-state index is 12.6. The van der Waals surface area contributed by atoms with Gasteiger partial charge in [0.1, 0.15) is 5.75 Å². The van der Waals surface area contributed by atoms with Crippen molar-refractivity contribution in [2.24, 2.45) is 17.8 Å². The molecule has 0 amide bonds. The molecular formula is C27H41NO2. The second kappa shape index (κ2) is 7.81. The van der Waals surface area contributed by atoms with E-state index in [1.165, 1.54) is 62.5 Å². The molecule has 2 unspecified atom stereocenters. The minimum Gasteiger partial charge on any atom is -0.508 e. The lowest BCUT2D eigenvalue weighted by molar-refractivity contribution is -0.167. The molecule has 0 spiro atoms. The number of likely N-dealkylation sites (tertiary alicyclic amines) is 1. The number of aliphatic hydroxyl groups is 1. The quantitative estimate of drug-likeness (QED) is 0.667. The Morgan fingerprint density at radius 3 is 2.50 bits per heavy atom. The molecule has 3 aliphatic carbocycles. The maximum absolute atomic E-state index is 12.6. The first-order valence-electron chi connectivity index (χ1n) is 12.7. The molecule has 5 rings (SSSR count). The zero-order chi connectivity index (χ0) is 20.9. The summed E-state index contributed by atoms with van der Waals surface area (Å²) in [6, 6.07) is 6.00. The van der Waals surface area contributed by atoms with Gasteiger partial charge in [0.2, 0.25) is 0 Å². The summed E-state index contributed by atoms with van der Waals surface area (Å²) in [7, 11) is 0. The lowest BCUT2D eigenvalue weighted by Gasteiger charge is -2.62. The third-order valence-electron chi connectivity index (χ3n) is 9.54. The molecule has 1 saturated heterocycles. The van der Waals surface area contributed by atoms with Crippen LogP contribution in [0.15, 0.2) is 18.2 Å². The van der Waals surface area contributed by atoms with Gasteiger partial charge in [0.05, 0.1) is 5.60 Å². The summed E-state index contributed by atoms with van der Waals surface area (Å²) in [5, 5.41) is 22.9. The largest absolute Gasteiger partial charge is 0.508 e. The summed E-state index contributed by atoms with van der Waals surface area (Å²) in [5.74, 6) is 2.72. The number of aryl methyl sites for hydroxylation is 1. The first-order valence-corrected chi connectivity index (χ1v) is 12.7. The number of aromatic hydroxyl groups is 1. The van der Waals surface area contributed by atoms with Crippen LogP contribution < -0.4 is 0 Å². The average Bonchev–Trinajstić information content (AvgIpc) is 3.40. The smallest absolute Gasteiger partial charge is 0.115 e. The Labute approximate surface area is 182 Å². The van der Waals surface area contributed by atoms with Crippen LogP contribution in [0.5, 0.6) is 5.75 Å². The Bertz CT molecular complexity index is 768. The average molecular weight is 412 g/mol. The number of hydrogen-bond acceptors (Lipinski definition) is 3. The molecule has 4 fully saturated rings. The molecule has 0 radical (unpaired) electrons. The van der Waals surface area contributed by atoms with Crippen LogP contribution >= 0.6 is 0 Å². The number of benzene rings is 1. The summed E-state index contributed by atoms with van der Waals surface area (Å²) in [6.45, 7) is 6.69. The van der Waals surface area contributed by atoms with Gasteiger partial charge in [0.15, 0.2) is 0 Å². The van der Waals surface area contributed by atoms with Gasteiger partial charge < -0.3 is 10.2 Å². The fourth-order valence-electron chi connectivity index (χ4n) is 7.57. The Morgan fingerprint density at radius 2 is 1.77 bits per heavy atom. The molecule has 1 heterocycles. The first-order chi connectivity index (χ1) is 14.4. The molecule has 0 bridgehead atoms. The number of nitrogens with zero attached hydrogens (tertiary/aromatic N) is 1. The SMILES string of the molecule is Cc1ccc(O)cc1[C@@]12CC[C@@H](CC3CCCC3)CC1(O)C(C)N(CC1CC1)CC2. The van der Waals surface area contributed by atoms with E-state index < -0.39 is 5.60 Å². The highest BCUT2D eigenvalue weighted by Gasteiger charge is 2.61. The van der Waals surface area contributed by atoms with E-state index in [-0.39, 0.29) is 11.5 Å². The molecule has 1 aromatic rings. The molecule has 2 N–H and O–H groups in total. The van der Waals surface area contributed by atoms with E-state index >= 15 is 0 Å². The molecule has 0 aromatic heterocycles. The molecule has 30 heavy (non-hydrogen) atoms. The van der Waals surface area contributed by atoms with Gasteiger partial charge >= 0.3 is 0 Å². The Balaban J connectivity index is 1.48. The lowest BCUT2D eigenvalue weighted by Crippen LogP contribution is -2.70. The second-order valence-corrected chi connectivity index (χ2v) is 11.4. The van der Waals surface area contributed by atoms with E-state index in [1.807, 2.05) is 12.1 Å². The minimum atomic E-state index is -0.708. The van der Waals surface area contributed by atoms with Crippen LogP contribution in [0, 0.1) is 24.7 Å². The number of hydrogen-bond donors (Lipinski definition) is 2. The highest BCUT2D eigenvalue weighted by molar-refractivity contribution is 5.43. The van der Waals surface area contributed by atoms with Crippen molar-refractivity contribution < 1.29 is 10.2 Å². The Morgan fingerprint density at radius 1 is 1.00 bits per heavy atom. The molecule has 166 valence electrons. The normalized spacial score (nSPS) is 38.0. The van der Waals surface area contributed by atoms with Crippen molar-refractivity contribution in [1.82, 2.24) is 4.90 Å². The van der Waals surface area contributed by atoms with Crippen LogP contribution in [0.3, 0.4) is 0 Å². The first kappa shape index (κ1) is 20.8. The molecular weight excluding hydrogens is 370 g/mol. The molecule has 3 nitrogen and oxygen atoms in total. The standard InChI is InChI=1S/C27H41NO2/c1-19-7-10-24(29)16-25(19)26-12-11-23(15-21-5-3-4-6-21)17-27(26,30)20(2)28(14-13-26)18-22-8-9-22/h7,10,16,20-23,29-30H,3-6,8-9,11-15,17-18H2,1-2H3/t20?,23-,26-,27?/m0/s1. The summed E-state index contributed by atoms with van der Waals surface area (Å²) in [4.78, 5) is 2.60. The molecule has 4 aliphatic rings.